The fourth-order valence-corrected chi connectivity index (χ4v) is 2.71. The van der Waals surface area contributed by atoms with Crippen LogP contribution in [0.5, 0.6) is 0 Å². The number of nitrogens with zero attached hydrogens (tertiary/aromatic N) is 1. The molecule has 0 saturated carbocycles. The second-order valence-electron chi connectivity index (χ2n) is 5.54. The van der Waals surface area contributed by atoms with Crippen molar-refractivity contribution in [1.29, 1.82) is 0 Å². The maximum absolute atomic E-state index is 13.7. The second-order valence-corrected chi connectivity index (χ2v) is 5.95. The van der Waals surface area contributed by atoms with Gasteiger partial charge in [0.1, 0.15) is 5.82 Å². The van der Waals surface area contributed by atoms with Gasteiger partial charge in [-0.25, -0.2) is 4.39 Å². The van der Waals surface area contributed by atoms with E-state index in [-0.39, 0.29) is 29.6 Å². The number of carbonyl (C=O) groups excluding carboxylic acids is 2. The molecule has 0 fully saturated rings. The zero-order valence-electron chi connectivity index (χ0n) is 14.2. The molecule has 0 aromatic heterocycles. The first kappa shape index (κ1) is 18.9. The standard InChI is InChI=1S/C19H20ClFN2O2/c1-3-14-7-9-15(10-8-14)23(13(2)24)12-11-22-19(25)18-16(20)5-4-6-17(18)21/h4-10H,3,11-12H2,1-2H3,(H,22,25). The summed E-state index contributed by atoms with van der Waals surface area (Å²) in [6.07, 6.45) is 0.916. The Balaban J connectivity index is 2.02. The zero-order valence-corrected chi connectivity index (χ0v) is 14.9. The molecule has 0 atom stereocenters. The van der Waals surface area contributed by atoms with E-state index in [1.165, 1.54) is 30.7 Å². The summed E-state index contributed by atoms with van der Waals surface area (Å²) in [6.45, 7) is 3.97. The molecule has 2 amide bonds. The van der Waals surface area contributed by atoms with Gasteiger partial charge in [0, 0.05) is 25.7 Å². The zero-order chi connectivity index (χ0) is 18.4. The SMILES string of the molecule is CCc1ccc(N(CCNC(=O)c2c(F)cccc2Cl)C(C)=O)cc1. The number of hydrogen-bond donors (Lipinski definition) is 1. The molecule has 2 aromatic rings. The first-order chi connectivity index (χ1) is 11.9. The lowest BCUT2D eigenvalue weighted by atomic mass is 10.1. The van der Waals surface area contributed by atoms with Crippen LogP contribution in [0.25, 0.3) is 0 Å². The number of halogens is 2. The molecule has 25 heavy (non-hydrogen) atoms. The Morgan fingerprint density at radius 1 is 1.16 bits per heavy atom. The molecular weight excluding hydrogens is 343 g/mol. The molecule has 1 N–H and O–H groups in total. The highest BCUT2D eigenvalue weighted by Gasteiger charge is 2.16. The van der Waals surface area contributed by atoms with Crippen molar-refractivity contribution in [3.05, 3.63) is 64.4 Å². The monoisotopic (exact) mass is 362 g/mol. The summed E-state index contributed by atoms with van der Waals surface area (Å²) in [5, 5.41) is 2.65. The van der Waals surface area contributed by atoms with E-state index >= 15 is 0 Å². The van der Waals surface area contributed by atoms with E-state index < -0.39 is 11.7 Å². The van der Waals surface area contributed by atoms with Crippen LogP contribution in [-0.2, 0) is 11.2 Å². The van der Waals surface area contributed by atoms with Crippen LogP contribution in [0.4, 0.5) is 10.1 Å². The smallest absolute Gasteiger partial charge is 0.255 e. The molecule has 0 heterocycles. The van der Waals surface area contributed by atoms with Gasteiger partial charge in [-0.05, 0) is 36.2 Å². The number of amides is 2. The fourth-order valence-electron chi connectivity index (χ4n) is 2.46. The Hall–Kier alpha value is -2.40. The van der Waals surface area contributed by atoms with Gasteiger partial charge in [0.25, 0.3) is 5.91 Å². The number of carbonyl (C=O) groups is 2. The number of rotatable bonds is 6. The van der Waals surface area contributed by atoms with Crippen LogP contribution in [0.15, 0.2) is 42.5 Å². The van der Waals surface area contributed by atoms with E-state index in [0.717, 1.165) is 12.1 Å². The molecule has 0 bridgehead atoms. The molecule has 0 radical (unpaired) electrons. The van der Waals surface area contributed by atoms with Crippen molar-refractivity contribution in [2.75, 3.05) is 18.0 Å². The van der Waals surface area contributed by atoms with Gasteiger partial charge in [0.15, 0.2) is 0 Å². The minimum absolute atomic E-state index is 0.0519. The topological polar surface area (TPSA) is 49.4 Å². The molecule has 132 valence electrons. The van der Waals surface area contributed by atoms with Crippen molar-refractivity contribution in [2.24, 2.45) is 0 Å². The predicted molar refractivity (Wildman–Crippen MR) is 97.6 cm³/mol. The van der Waals surface area contributed by atoms with Gasteiger partial charge in [-0.2, -0.15) is 0 Å². The lowest BCUT2D eigenvalue weighted by molar-refractivity contribution is -0.116. The van der Waals surface area contributed by atoms with Gasteiger partial charge in [-0.1, -0.05) is 36.7 Å². The average molecular weight is 363 g/mol. The number of hydrogen-bond acceptors (Lipinski definition) is 2. The molecule has 2 rings (SSSR count). The summed E-state index contributed by atoms with van der Waals surface area (Å²) in [5.74, 6) is -1.42. The fraction of sp³-hybridized carbons (Fsp3) is 0.263. The summed E-state index contributed by atoms with van der Waals surface area (Å²) >= 11 is 5.88. The quantitative estimate of drug-likeness (QED) is 0.849. The Kier molecular flexibility index (Phi) is 6.53. The van der Waals surface area contributed by atoms with E-state index in [2.05, 4.69) is 12.2 Å². The third kappa shape index (κ3) is 4.79. The third-order valence-electron chi connectivity index (χ3n) is 3.85. The summed E-state index contributed by atoms with van der Waals surface area (Å²) < 4.78 is 13.7. The maximum Gasteiger partial charge on any atom is 0.255 e. The second kappa shape index (κ2) is 8.62. The highest BCUT2D eigenvalue weighted by atomic mass is 35.5. The molecule has 0 aliphatic heterocycles. The van der Waals surface area contributed by atoms with E-state index in [9.17, 15) is 14.0 Å². The van der Waals surface area contributed by atoms with Crippen LogP contribution in [0, 0.1) is 5.82 Å². The van der Waals surface area contributed by atoms with Crippen LogP contribution in [0.1, 0.15) is 29.8 Å². The Bertz CT molecular complexity index is 742. The minimum atomic E-state index is -0.677. The molecule has 0 aliphatic carbocycles. The van der Waals surface area contributed by atoms with Gasteiger partial charge in [0.05, 0.1) is 10.6 Å². The van der Waals surface area contributed by atoms with Crippen molar-refractivity contribution in [3.63, 3.8) is 0 Å². The summed E-state index contributed by atoms with van der Waals surface area (Å²) in [5.41, 5.74) is 1.74. The van der Waals surface area contributed by atoms with Gasteiger partial charge in [0.2, 0.25) is 5.91 Å². The first-order valence-electron chi connectivity index (χ1n) is 8.03. The van der Waals surface area contributed by atoms with Gasteiger partial charge in [-0.3, -0.25) is 9.59 Å². The lowest BCUT2D eigenvalue weighted by Crippen LogP contribution is -2.37. The highest BCUT2D eigenvalue weighted by Crippen LogP contribution is 2.19. The maximum atomic E-state index is 13.7. The van der Waals surface area contributed by atoms with Crippen molar-refractivity contribution >= 4 is 29.1 Å². The first-order valence-corrected chi connectivity index (χ1v) is 8.41. The molecule has 0 saturated heterocycles. The highest BCUT2D eigenvalue weighted by molar-refractivity contribution is 6.33. The van der Waals surface area contributed by atoms with Crippen LogP contribution in [0.2, 0.25) is 5.02 Å². The lowest BCUT2D eigenvalue weighted by Gasteiger charge is -2.21. The average Bonchev–Trinajstić information content (AvgIpc) is 2.58. The molecule has 2 aromatic carbocycles. The van der Waals surface area contributed by atoms with Crippen molar-refractivity contribution < 1.29 is 14.0 Å². The Labute approximate surface area is 151 Å². The summed E-state index contributed by atoms with van der Waals surface area (Å²) in [4.78, 5) is 25.6. The van der Waals surface area contributed by atoms with Crippen LogP contribution < -0.4 is 10.2 Å². The third-order valence-corrected chi connectivity index (χ3v) is 4.16. The van der Waals surface area contributed by atoms with Crippen LogP contribution >= 0.6 is 11.6 Å². The molecule has 0 unspecified atom stereocenters. The molecule has 6 heteroatoms. The van der Waals surface area contributed by atoms with Gasteiger partial charge >= 0.3 is 0 Å². The number of nitrogens with one attached hydrogen (secondary N) is 1. The van der Waals surface area contributed by atoms with Crippen molar-refractivity contribution in [2.45, 2.75) is 20.3 Å². The predicted octanol–water partition coefficient (Wildman–Crippen LogP) is 3.82. The molecule has 0 aliphatic rings. The molecular formula is C19H20ClFN2O2. The van der Waals surface area contributed by atoms with Crippen molar-refractivity contribution in [1.82, 2.24) is 5.32 Å². The van der Waals surface area contributed by atoms with Gasteiger partial charge < -0.3 is 10.2 Å². The van der Waals surface area contributed by atoms with E-state index in [1.807, 2.05) is 24.3 Å². The number of benzene rings is 2. The van der Waals surface area contributed by atoms with Crippen LogP contribution in [0.3, 0.4) is 0 Å². The summed E-state index contributed by atoms with van der Waals surface area (Å²) in [7, 11) is 0. The summed E-state index contributed by atoms with van der Waals surface area (Å²) in [6, 6.07) is 11.7. The van der Waals surface area contributed by atoms with Crippen molar-refractivity contribution in [3.8, 4) is 0 Å². The van der Waals surface area contributed by atoms with E-state index in [4.69, 9.17) is 11.6 Å². The molecule has 4 nitrogen and oxygen atoms in total. The van der Waals surface area contributed by atoms with Crippen LogP contribution in [-0.4, -0.2) is 24.9 Å². The number of aryl methyl sites for hydroxylation is 1. The van der Waals surface area contributed by atoms with Gasteiger partial charge in [-0.15, -0.1) is 0 Å². The van der Waals surface area contributed by atoms with E-state index in [0.29, 0.717) is 0 Å². The van der Waals surface area contributed by atoms with E-state index in [1.54, 1.807) is 4.90 Å². The number of anilines is 1. The largest absolute Gasteiger partial charge is 0.350 e. The normalized spacial score (nSPS) is 10.4. The molecule has 0 spiro atoms. The minimum Gasteiger partial charge on any atom is -0.350 e. The Morgan fingerprint density at radius 2 is 1.84 bits per heavy atom. The Morgan fingerprint density at radius 3 is 2.40 bits per heavy atom.